The number of aromatic nitrogens is 1. The van der Waals surface area contributed by atoms with Crippen LogP contribution in [0.4, 0.5) is 16.2 Å². The molecule has 0 saturated heterocycles. The van der Waals surface area contributed by atoms with Gasteiger partial charge in [0.2, 0.25) is 0 Å². The van der Waals surface area contributed by atoms with E-state index in [9.17, 15) is 9.59 Å². The molecule has 4 rings (SSSR count). The molecule has 0 aliphatic heterocycles. The van der Waals surface area contributed by atoms with Crippen LogP contribution < -0.4 is 4.90 Å². The minimum Gasteiger partial charge on any atom is -0.481 e. The van der Waals surface area contributed by atoms with E-state index in [4.69, 9.17) is 14.4 Å². The first-order valence-electron chi connectivity index (χ1n) is 11.4. The Morgan fingerprint density at radius 3 is 2.06 bits per heavy atom. The fourth-order valence-electron chi connectivity index (χ4n) is 3.86. The van der Waals surface area contributed by atoms with Gasteiger partial charge in [0.1, 0.15) is 11.4 Å². The lowest BCUT2D eigenvalue weighted by Crippen LogP contribution is -2.27. The molecule has 1 heterocycles. The Kier molecular flexibility index (Phi) is 7.26. The summed E-state index contributed by atoms with van der Waals surface area (Å²) in [6.45, 7) is 3.96. The van der Waals surface area contributed by atoms with Gasteiger partial charge in [0.25, 0.3) is 0 Å². The van der Waals surface area contributed by atoms with Crippen LogP contribution in [0.25, 0.3) is 22.5 Å². The second kappa shape index (κ2) is 10.7. The van der Waals surface area contributed by atoms with Gasteiger partial charge in [0.15, 0.2) is 5.76 Å². The second-order valence-corrected chi connectivity index (χ2v) is 7.88. The summed E-state index contributed by atoms with van der Waals surface area (Å²) in [5, 5.41) is 13.2. The van der Waals surface area contributed by atoms with Gasteiger partial charge >= 0.3 is 12.1 Å². The van der Waals surface area contributed by atoms with Crippen molar-refractivity contribution in [3.63, 3.8) is 0 Å². The molecular formula is C28H26N2O5. The molecule has 35 heavy (non-hydrogen) atoms. The second-order valence-electron chi connectivity index (χ2n) is 7.88. The molecule has 0 radical (unpaired) electrons. The van der Waals surface area contributed by atoms with Gasteiger partial charge < -0.3 is 14.4 Å². The summed E-state index contributed by atoms with van der Waals surface area (Å²) in [4.78, 5) is 25.4. The Labute approximate surface area is 203 Å². The van der Waals surface area contributed by atoms with Crippen LogP contribution in [0.1, 0.15) is 25.1 Å². The number of amides is 1. The summed E-state index contributed by atoms with van der Waals surface area (Å²) in [6.07, 6.45) is 0.0597. The van der Waals surface area contributed by atoms with Crippen LogP contribution in [0.15, 0.2) is 83.4 Å². The maximum absolute atomic E-state index is 13.0. The number of hydrogen-bond donors (Lipinski definition) is 1. The van der Waals surface area contributed by atoms with E-state index in [0.717, 1.165) is 22.3 Å². The molecule has 0 unspecified atom stereocenters. The standard InChI is InChI=1S/C28H26N2O5/c1-3-24-26(30(28(33)34-4-2)23-8-6-5-7-9-23)27(35-29-24)22-16-14-21(15-17-22)20-12-10-19(11-13-20)18-25(31)32/h5-17H,3-4,18H2,1-2H3,(H,31,32). The fraction of sp³-hybridized carbons (Fsp3) is 0.179. The van der Waals surface area contributed by atoms with Crippen LogP contribution in [0.3, 0.4) is 0 Å². The van der Waals surface area contributed by atoms with E-state index in [1.165, 1.54) is 4.90 Å². The Morgan fingerprint density at radius 1 is 0.886 bits per heavy atom. The van der Waals surface area contributed by atoms with Crippen molar-refractivity contribution in [3.8, 4) is 22.5 Å². The van der Waals surface area contributed by atoms with Crippen molar-refractivity contribution >= 4 is 23.4 Å². The van der Waals surface area contributed by atoms with Crippen LogP contribution in [0.5, 0.6) is 0 Å². The maximum atomic E-state index is 13.0. The van der Waals surface area contributed by atoms with Crippen molar-refractivity contribution in [3.05, 3.63) is 90.1 Å². The Bertz CT molecular complexity index is 1300. The van der Waals surface area contributed by atoms with Crippen LogP contribution in [-0.2, 0) is 22.4 Å². The van der Waals surface area contributed by atoms with Crippen LogP contribution in [-0.4, -0.2) is 28.9 Å². The zero-order chi connectivity index (χ0) is 24.8. The SMILES string of the molecule is CCOC(=O)N(c1ccccc1)c1c(CC)noc1-c1ccc(-c2ccc(CC(=O)O)cc2)cc1. The molecule has 0 aliphatic carbocycles. The number of carbonyl (C=O) groups is 2. The van der Waals surface area contributed by atoms with E-state index in [-0.39, 0.29) is 13.0 Å². The Balaban J connectivity index is 1.71. The third kappa shape index (κ3) is 5.24. The molecule has 0 atom stereocenters. The summed E-state index contributed by atoms with van der Waals surface area (Å²) >= 11 is 0. The number of aryl methyl sites for hydroxylation is 1. The normalized spacial score (nSPS) is 10.7. The van der Waals surface area contributed by atoms with Crippen LogP contribution >= 0.6 is 0 Å². The first-order valence-corrected chi connectivity index (χ1v) is 11.4. The lowest BCUT2D eigenvalue weighted by Gasteiger charge is -2.22. The average molecular weight is 471 g/mol. The highest BCUT2D eigenvalue weighted by molar-refractivity contribution is 6.00. The predicted octanol–water partition coefficient (Wildman–Crippen LogP) is 6.49. The smallest absolute Gasteiger partial charge is 0.419 e. The van der Waals surface area contributed by atoms with Crippen molar-refractivity contribution in [1.82, 2.24) is 5.16 Å². The zero-order valence-corrected chi connectivity index (χ0v) is 19.6. The maximum Gasteiger partial charge on any atom is 0.419 e. The third-order valence-corrected chi connectivity index (χ3v) is 5.55. The minimum atomic E-state index is -0.858. The number of ether oxygens (including phenoxy) is 1. The summed E-state index contributed by atoms with van der Waals surface area (Å²) < 4.78 is 11.1. The molecule has 0 aliphatic rings. The molecule has 0 fully saturated rings. The highest BCUT2D eigenvalue weighted by Gasteiger charge is 2.29. The number of para-hydroxylation sites is 1. The Hall–Kier alpha value is -4.39. The van der Waals surface area contributed by atoms with Gasteiger partial charge in [0.05, 0.1) is 18.7 Å². The molecule has 1 amide bonds. The van der Waals surface area contributed by atoms with Crippen LogP contribution in [0, 0.1) is 0 Å². The molecule has 1 N–H and O–H groups in total. The number of aliphatic carboxylic acids is 1. The highest BCUT2D eigenvalue weighted by Crippen LogP contribution is 2.39. The number of hydrogen-bond acceptors (Lipinski definition) is 5. The van der Waals surface area contributed by atoms with Crippen molar-refractivity contribution in [2.24, 2.45) is 0 Å². The average Bonchev–Trinajstić information content (AvgIpc) is 3.29. The lowest BCUT2D eigenvalue weighted by atomic mass is 10.0. The number of benzene rings is 3. The van der Waals surface area contributed by atoms with Gasteiger partial charge in [-0.1, -0.05) is 78.8 Å². The summed E-state index contributed by atoms with van der Waals surface area (Å²) in [5.41, 5.74) is 5.31. The highest BCUT2D eigenvalue weighted by atomic mass is 16.6. The van der Waals surface area contributed by atoms with Crippen molar-refractivity contribution in [2.75, 3.05) is 11.5 Å². The topological polar surface area (TPSA) is 92.9 Å². The molecular weight excluding hydrogens is 444 g/mol. The Morgan fingerprint density at radius 2 is 1.49 bits per heavy atom. The third-order valence-electron chi connectivity index (χ3n) is 5.55. The molecule has 178 valence electrons. The molecule has 7 heteroatoms. The molecule has 0 spiro atoms. The molecule has 4 aromatic rings. The number of carboxylic acid groups (broad SMARTS) is 1. The van der Waals surface area contributed by atoms with E-state index in [1.807, 2.05) is 85.8 Å². The fourth-order valence-corrected chi connectivity index (χ4v) is 3.86. The summed E-state index contributed by atoms with van der Waals surface area (Å²) in [7, 11) is 0. The summed E-state index contributed by atoms with van der Waals surface area (Å²) in [5.74, 6) is -0.383. The molecule has 0 saturated carbocycles. The van der Waals surface area contributed by atoms with Gasteiger partial charge in [-0.25, -0.2) is 9.69 Å². The molecule has 7 nitrogen and oxygen atoms in total. The first-order chi connectivity index (χ1) is 17.0. The predicted molar refractivity (Wildman–Crippen MR) is 134 cm³/mol. The van der Waals surface area contributed by atoms with Crippen LogP contribution in [0.2, 0.25) is 0 Å². The van der Waals surface area contributed by atoms with E-state index in [2.05, 4.69) is 5.16 Å². The number of nitrogens with zero attached hydrogens (tertiary/aromatic N) is 2. The largest absolute Gasteiger partial charge is 0.481 e. The van der Waals surface area contributed by atoms with Gasteiger partial charge in [-0.05, 0) is 42.2 Å². The van der Waals surface area contributed by atoms with E-state index in [0.29, 0.717) is 29.2 Å². The van der Waals surface area contributed by atoms with Crippen molar-refractivity contribution in [2.45, 2.75) is 26.7 Å². The zero-order valence-electron chi connectivity index (χ0n) is 19.6. The first kappa shape index (κ1) is 23.8. The van der Waals surface area contributed by atoms with Gasteiger partial charge in [0, 0.05) is 5.56 Å². The number of carbonyl (C=O) groups excluding carboxylic acids is 1. The van der Waals surface area contributed by atoms with E-state index < -0.39 is 12.1 Å². The van der Waals surface area contributed by atoms with Gasteiger partial charge in [-0.15, -0.1) is 0 Å². The number of carboxylic acids is 1. The molecule has 0 bridgehead atoms. The molecule has 3 aromatic carbocycles. The van der Waals surface area contributed by atoms with E-state index in [1.54, 1.807) is 6.92 Å². The van der Waals surface area contributed by atoms with Gasteiger partial charge in [-0.3, -0.25) is 4.79 Å². The number of rotatable bonds is 8. The quantitative estimate of drug-likeness (QED) is 0.316. The lowest BCUT2D eigenvalue weighted by molar-refractivity contribution is -0.136. The molecule has 1 aromatic heterocycles. The van der Waals surface area contributed by atoms with E-state index >= 15 is 0 Å². The monoisotopic (exact) mass is 470 g/mol. The van der Waals surface area contributed by atoms with Crippen molar-refractivity contribution in [1.29, 1.82) is 0 Å². The minimum absolute atomic E-state index is 0.00830. The number of anilines is 2. The van der Waals surface area contributed by atoms with Gasteiger partial charge in [-0.2, -0.15) is 0 Å². The van der Waals surface area contributed by atoms with Crippen molar-refractivity contribution < 1.29 is 24.0 Å². The summed E-state index contributed by atoms with van der Waals surface area (Å²) in [6, 6.07) is 24.5.